The lowest BCUT2D eigenvalue weighted by Crippen LogP contribution is -2.42. The minimum atomic E-state index is -1.56. The Hall–Kier alpha value is -0.780. The van der Waals surface area contributed by atoms with Crippen molar-refractivity contribution < 1.29 is 23.0 Å². The smallest absolute Gasteiger partial charge is 0.266 e. The topological polar surface area (TPSA) is 27.7 Å². The lowest BCUT2D eigenvalue weighted by Gasteiger charge is -2.37. The first kappa shape index (κ1) is 20.9. The summed E-state index contributed by atoms with van der Waals surface area (Å²) < 4.78 is 42.4. The van der Waals surface area contributed by atoms with Gasteiger partial charge in [0, 0.05) is 12.5 Å². The fraction of sp³-hybridized carbons (Fsp3) is 0.818. The van der Waals surface area contributed by atoms with E-state index in [1.807, 2.05) is 0 Å². The van der Waals surface area contributed by atoms with Gasteiger partial charge in [0.1, 0.15) is 6.10 Å². The SMILES string of the molecule is CC1=CCC(CCCOC2COC(C3CCC(C=C(F)F)CC3)OC2)CC1. The van der Waals surface area contributed by atoms with Crippen molar-refractivity contribution in [3.63, 3.8) is 0 Å². The molecule has 0 aromatic heterocycles. The summed E-state index contributed by atoms with van der Waals surface area (Å²) in [4.78, 5) is 0. The average Bonchev–Trinajstić information content (AvgIpc) is 2.67. The van der Waals surface area contributed by atoms with Crippen molar-refractivity contribution in [2.75, 3.05) is 19.8 Å². The highest BCUT2D eigenvalue weighted by Crippen LogP contribution is 2.35. The molecule has 0 aromatic rings. The number of ether oxygens (including phenoxy) is 3. The van der Waals surface area contributed by atoms with Gasteiger partial charge < -0.3 is 14.2 Å². The zero-order valence-corrected chi connectivity index (χ0v) is 16.5. The highest BCUT2D eigenvalue weighted by Gasteiger charge is 2.32. The van der Waals surface area contributed by atoms with E-state index < -0.39 is 6.08 Å². The predicted octanol–water partition coefficient (Wildman–Crippen LogP) is 5.86. The molecule has 154 valence electrons. The molecule has 0 amide bonds. The van der Waals surface area contributed by atoms with Crippen LogP contribution in [0.5, 0.6) is 0 Å². The standard InChI is InChI=1S/C22H34F2O3/c1-16-4-6-17(7-5-16)3-2-12-25-20-14-26-22(27-15-20)19-10-8-18(9-11-19)13-21(23)24/h4,13,17-20,22H,2-3,5-12,14-15H2,1H3. The van der Waals surface area contributed by atoms with Crippen LogP contribution in [0, 0.1) is 17.8 Å². The van der Waals surface area contributed by atoms with Crippen molar-refractivity contribution >= 4 is 0 Å². The highest BCUT2D eigenvalue weighted by atomic mass is 19.3. The van der Waals surface area contributed by atoms with Gasteiger partial charge in [-0.25, -0.2) is 0 Å². The van der Waals surface area contributed by atoms with Crippen molar-refractivity contribution in [3.8, 4) is 0 Å². The molecule has 1 saturated carbocycles. The highest BCUT2D eigenvalue weighted by molar-refractivity contribution is 5.02. The summed E-state index contributed by atoms with van der Waals surface area (Å²) in [6.45, 7) is 4.15. The van der Waals surface area contributed by atoms with E-state index in [4.69, 9.17) is 14.2 Å². The zero-order valence-electron chi connectivity index (χ0n) is 16.5. The van der Waals surface area contributed by atoms with Crippen molar-refractivity contribution in [2.45, 2.75) is 77.1 Å². The number of hydrogen-bond acceptors (Lipinski definition) is 3. The van der Waals surface area contributed by atoms with Crippen LogP contribution in [0.15, 0.2) is 23.8 Å². The normalized spacial score (nSPS) is 34.8. The Balaban J connectivity index is 1.26. The summed E-state index contributed by atoms with van der Waals surface area (Å²) in [7, 11) is 0. The van der Waals surface area contributed by atoms with Gasteiger partial charge in [-0.1, -0.05) is 11.6 Å². The molecule has 0 N–H and O–H groups in total. The maximum absolute atomic E-state index is 12.4. The van der Waals surface area contributed by atoms with Gasteiger partial charge in [0.25, 0.3) is 6.08 Å². The monoisotopic (exact) mass is 384 g/mol. The molecule has 1 heterocycles. The van der Waals surface area contributed by atoms with E-state index in [0.29, 0.717) is 19.1 Å². The van der Waals surface area contributed by atoms with Crippen LogP contribution < -0.4 is 0 Å². The van der Waals surface area contributed by atoms with Crippen molar-refractivity contribution in [1.29, 1.82) is 0 Å². The summed E-state index contributed by atoms with van der Waals surface area (Å²) in [5, 5.41) is 0. The molecule has 2 aliphatic carbocycles. The average molecular weight is 385 g/mol. The summed E-state index contributed by atoms with van der Waals surface area (Å²) in [6, 6.07) is 0. The maximum atomic E-state index is 12.4. The Morgan fingerprint density at radius 3 is 2.52 bits per heavy atom. The number of hydrogen-bond donors (Lipinski definition) is 0. The molecule has 3 nitrogen and oxygen atoms in total. The van der Waals surface area contributed by atoms with E-state index in [2.05, 4.69) is 13.0 Å². The van der Waals surface area contributed by atoms with Crippen LogP contribution in [0.2, 0.25) is 0 Å². The van der Waals surface area contributed by atoms with E-state index in [1.54, 1.807) is 0 Å². The fourth-order valence-corrected chi connectivity index (χ4v) is 4.53. The third kappa shape index (κ3) is 6.95. The summed E-state index contributed by atoms with van der Waals surface area (Å²) in [5.74, 6) is 1.15. The van der Waals surface area contributed by atoms with Gasteiger partial charge >= 0.3 is 0 Å². The first-order valence-electron chi connectivity index (χ1n) is 10.6. The van der Waals surface area contributed by atoms with Crippen molar-refractivity contribution in [2.24, 2.45) is 17.8 Å². The first-order valence-corrected chi connectivity index (χ1v) is 10.6. The number of rotatable bonds is 7. The van der Waals surface area contributed by atoms with Crippen LogP contribution in [-0.4, -0.2) is 32.2 Å². The van der Waals surface area contributed by atoms with Crippen LogP contribution >= 0.6 is 0 Å². The third-order valence-electron chi connectivity index (χ3n) is 6.31. The molecular formula is C22H34F2O3. The summed E-state index contributed by atoms with van der Waals surface area (Å²) in [6.07, 6.45) is 11.2. The minimum Gasteiger partial charge on any atom is -0.373 e. The van der Waals surface area contributed by atoms with E-state index >= 15 is 0 Å². The first-order chi connectivity index (χ1) is 13.1. The van der Waals surface area contributed by atoms with Crippen molar-refractivity contribution in [1.82, 2.24) is 0 Å². The zero-order chi connectivity index (χ0) is 19.1. The Morgan fingerprint density at radius 2 is 1.89 bits per heavy atom. The lowest BCUT2D eigenvalue weighted by atomic mass is 9.81. The molecule has 3 rings (SSSR count). The molecule has 1 aliphatic heterocycles. The molecule has 0 radical (unpaired) electrons. The quantitative estimate of drug-likeness (QED) is 0.406. The predicted molar refractivity (Wildman–Crippen MR) is 102 cm³/mol. The second-order valence-electron chi connectivity index (χ2n) is 8.49. The molecule has 3 aliphatic rings. The van der Waals surface area contributed by atoms with Crippen molar-refractivity contribution in [3.05, 3.63) is 23.8 Å². The van der Waals surface area contributed by atoms with Gasteiger partial charge in [0.2, 0.25) is 0 Å². The maximum Gasteiger partial charge on any atom is 0.266 e. The Labute approximate surface area is 162 Å². The number of allylic oxidation sites excluding steroid dienone is 3. The van der Waals surface area contributed by atoms with Gasteiger partial charge in [0.15, 0.2) is 6.29 Å². The number of halogens is 2. The second-order valence-corrected chi connectivity index (χ2v) is 8.49. The molecule has 1 atom stereocenters. The van der Waals surface area contributed by atoms with Gasteiger partial charge in [-0.05, 0) is 82.6 Å². The molecule has 27 heavy (non-hydrogen) atoms. The molecule has 1 saturated heterocycles. The fourth-order valence-electron chi connectivity index (χ4n) is 4.53. The largest absolute Gasteiger partial charge is 0.373 e. The molecule has 2 fully saturated rings. The van der Waals surface area contributed by atoms with Gasteiger partial charge in [0.05, 0.1) is 13.2 Å². The molecule has 0 aromatic carbocycles. The molecule has 5 heteroatoms. The minimum absolute atomic E-state index is 0.00879. The molecule has 0 bridgehead atoms. The Kier molecular flexibility index (Phi) is 8.28. The van der Waals surface area contributed by atoms with Gasteiger partial charge in [-0.3, -0.25) is 0 Å². The summed E-state index contributed by atoms with van der Waals surface area (Å²) in [5.41, 5.74) is 1.54. The van der Waals surface area contributed by atoms with Gasteiger partial charge in [-0.2, -0.15) is 8.78 Å². The van der Waals surface area contributed by atoms with Crippen LogP contribution in [0.3, 0.4) is 0 Å². The van der Waals surface area contributed by atoms with E-state index in [0.717, 1.165) is 50.7 Å². The van der Waals surface area contributed by atoms with Crippen LogP contribution in [-0.2, 0) is 14.2 Å². The third-order valence-corrected chi connectivity index (χ3v) is 6.31. The van der Waals surface area contributed by atoms with Crippen LogP contribution in [0.4, 0.5) is 8.78 Å². The summed E-state index contributed by atoms with van der Waals surface area (Å²) >= 11 is 0. The van der Waals surface area contributed by atoms with E-state index in [9.17, 15) is 8.78 Å². The van der Waals surface area contributed by atoms with E-state index in [1.165, 1.54) is 31.3 Å². The second kappa shape index (κ2) is 10.7. The Bertz CT molecular complexity index is 500. The Morgan fingerprint density at radius 1 is 1.15 bits per heavy atom. The van der Waals surface area contributed by atoms with Crippen LogP contribution in [0.25, 0.3) is 0 Å². The molecule has 1 unspecified atom stereocenters. The molecule has 0 spiro atoms. The molecular weight excluding hydrogens is 350 g/mol. The van der Waals surface area contributed by atoms with Crippen LogP contribution in [0.1, 0.15) is 64.7 Å². The van der Waals surface area contributed by atoms with Gasteiger partial charge in [-0.15, -0.1) is 0 Å². The van der Waals surface area contributed by atoms with E-state index in [-0.39, 0.29) is 18.3 Å². The lowest BCUT2D eigenvalue weighted by molar-refractivity contribution is -0.249.